The molecule has 0 unspecified atom stereocenters. The van der Waals surface area contributed by atoms with Crippen molar-refractivity contribution in [3.05, 3.63) is 82.3 Å². The third-order valence-electron chi connectivity index (χ3n) is 6.47. The molecule has 4 rings (SSSR count). The molecule has 1 aromatic heterocycles. The lowest BCUT2D eigenvalue weighted by Gasteiger charge is -2.37. The van der Waals surface area contributed by atoms with E-state index < -0.39 is 6.10 Å². The zero-order valence-electron chi connectivity index (χ0n) is 20.8. The van der Waals surface area contributed by atoms with Crippen LogP contribution in [0.1, 0.15) is 33.8 Å². The first kappa shape index (κ1) is 24.2. The number of para-hydroxylation sites is 1. The molecule has 0 amide bonds. The maximum Gasteiger partial charge on any atom is 0.136 e. The minimum Gasteiger partial charge on any atom is -0.491 e. The van der Waals surface area contributed by atoms with Crippen LogP contribution in [0.25, 0.3) is 0 Å². The van der Waals surface area contributed by atoms with Crippen molar-refractivity contribution in [2.45, 2.75) is 40.2 Å². The smallest absolute Gasteiger partial charge is 0.136 e. The van der Waals surface area contributed by atoms with E-state index in [1.54, 1.807) is 0 Å². The van der Waals surface area contributed by atoms with Gasteiger partial charge < -0.3 is 14.7 Å². The van der Waals surface area contributed by atoms with Gasteiger partial charge in [0.2, 0.25) is 0 Å². The third kappa shape index (κ3) is 6.13. The number of aryl methyl sites for hydroxylation is 4. The molecule has 34 heavy (non-hydrogen) atoms. The Balaban J connectivity index is 1.36. The largest absolute Gasteiger partial charge is 0.491 e. The summed E-state index contributed by atoms with van der Waals surface area (Å²) in [6.07, 6.45) is 0.309. The molecule has 0 spiro atoms. The van der Waals surface area contributed by atoms with Gasteiger partial charge in [-0.3, -0.25) is 4.90 Å². The normalized spacial score (nSPS) is 15.4. The Labute approximate surface area is 203 Å². The molecule has 0 saturated carbocycles. The van der Waals surface area contributed by atoms with E-state index in [9.17, 15) is 5.11 Å². The maximum absolute atomic E-state index is 10.5. The molecule has 2 aromatic carbocycles. The zero-order valence-corrected chi connectivity index (χ0v) is 20.8. The lowest BCUT2D eigenvalue weighted by Crippen LogP contribution is -2.49. The average molecular weight is 461 g/mol. The number of benzene rings is 2. The van der Waals surface area contributed by atoms with Gasteiger partial charge in [0, 0.05) is 50.4 Å². The fraction of sp³-hybridized carbons (Fsp3) is 0.429. The Bertz CT molecular complexity index is 1090. The van der Waals surface area contributed by atoms with E-state index in [1.165, 1.54) is 16.7 Å². The van der Waals surface area contributed by atoms with Gasteiger partial charge in [0.1, 0.15) is 30.1 Å². The van der Waals surface area contributed by atoms with Gasteiger partial charge in [-0.25, -0.2) is 9.97 Å². The quantitative estimate of drug-likeness (QED) is 0.551. The molecule has 180 valence electrons. The number of hydrogen-bond donors (Lipinski definition) is 1. The summed E-state index contributed by atoms with van der Waals surface area (Å²) in [5.41, 5.74) is 5.88. The van der Waals surface area contributed by atoms with E-state index in [-0.39, 0.29) is 0 Å². The van der Waals surface area contributed by atoms with E-state index in [2.05, 4.69) is 52.9 Å². The highest BCUT2D eigenvalue weighted by Crippen LogP contribution is 2.25. The van der Waals surface area contributed by atoms with Gasteiger partial charge >= 0.3 is 0 Å². The lowest BCUT2D eigenvalue weighted by atomic mass is 10.0. The fourth-order valence-electron chi connectivity index (χ4n) is 4.49. The number of aliphatic hydroxyl groups excluding tert-OH is 1. The molecule has 6 nitrogen and oxygen atoms in total. The minimum absolute atomic E-state index is 0.302. The number of piperazine rings is 1. The first-order valence-corrected chi connectivity index (χ1v) is 12.1. The van der Waals surface area contributed by atoms with Crippen LogP contribution in [0.4, 0.5) is 5.82 Å². The standard InChI is InChI=1S/C28H36N4O2/c1-20-9-11-24(12-10-20)17-26-22(3)29-23(4)30-28(26)32-15-13-31(14-16-32)18-25(33)19-34-27-8-6-5-7-21(27)2/h5-12,25,33H,13-19H2,1-4H3/t25-/m1/s1. The van der Waals surface area contributed by atoms with Crippen molar-refractivity contribution in [3.63, 3.8) is 0 Å². The second kappa shape index (κ2) is 11.0. The van der Waals surface area contributed by atoms with E-state index in [4.69, 9.17) is 9.72 Å². The van der Waals surface area contributed by atoms with Gasteiger partial charge in [0.25, 0.3) is 0 Å². The highest BCUT2D eigenvalue weighted by atomic mass is 16.5. The molecule has 0 aliphatic carbocycles. The van der Waals surface area contributed by atoms with Gasteiger partial charge in [-0.1, -0.05) is 48.0 Å². The molecule has 0 bridgehead atoms. The van der Waals surface area contributed by atoms with E-state index in [0.717, 1.165) is 61.2 Å². The van der Waals surface area contributed by atoms with Crippen LogP contribution >= 0.6 is 0 Å². The van der Waals surface area contributed by atoms with Crippen LogP contribution in [0.3, 0.4) is 0 Å². The summed E-state index contributed by atoms with van der Waals surface area (Å²) in [6, 6.07) is 16.6. The summed E-state index contributed by atoms with van der Waals surface area (Å²) in [7, 11) is 0. The van der Waals surface area contributed by atoms with Crippen molar-refractivity contribution < 1.29 is 9.84 Å². The summed E-state index contributed by atoms with van der Waals surface area (Å²) < 4.78 is 5.83. The summed E-state index contributed by atoms with van der Waals surface area (Å²) >= 11 is 0. The molecule has 6 heteroatoms. The molecule has 1 aliphatic rings. The van der Waals surface area contributed by atoms with Gasteiger partial charge in [0.05, 0.1) is 0 Å². The second-order valence-electron chi connectivity index (χ2n) is 9.34. The number of aromatic nitrogens is 2. The third-order valence-corrected chi connectivity index (χ3v) is 6.47. The average Bonchev–Trinajstić information content (AvgIpc) is 2.82. The summed E-state index contributed by atoms with van der Waals surface area (Å²) in [5, 5.41) is 10.5. The van der Waals surface area contributed by atoms with Crippen molar-refractivity contribution >= 4 is 5.82 Å². The number of ether oxygens (including phenoxy) is 1. The highest BCUT2D eigenvalue weighted by molar-refractivity contribution is 5.51. The van der Waals surface area contributed by atoms with Crippen LogP contribution < -0.4 is 9.64 Å². The van der Waals surface area contributed by atoms with E-state index in [0.29, 0.717) is 13.2 Å². The zero-order chi connectivity index (χ0) is 24.1. The van der Waals surface area contributed by atoms with Crippen molar-refractivity contribution in [3.8, 4) is 5.75 Å². The minimum atomic E-state index is -0.521. The summed E-state index contributed by atoms with van der Waals surface area (Å²) in [4.78, 5) is 14.2. The van der Waals surface area contributed by atoms with Crippen molar-refractivity contribution in [1.82, 2.24) is 14.9 Å². The topological polar surface area (TPSA) is 61.7 Å². The molecule has 0 radical (unpaired) electrons. The predicted octanol–water partition coefficient (Wildman–Crippen LogP) is 3.86. The number of nitrogens with zero attached hydrogens (tertiary/aromatic N) is 4. The number of aliphatic hydroxyl groups is 1. The molecule has 1 saturated heterocycles. The monoisotopic (exact) mass is 460 g/mol. The molecule has 1 N–H and O–H groups in total. The van der Waals surface area contributed by atoms with Crippen LogP contribution in [-0.4, -0.2) is 65.4 Å². The number of rotatable bonds is 8. The maximum atomic E-state index is 10.5. The van der Waals surface area contributed by atoms with Gasteiger partial charge in [-0.05, 0) is 44.9 Å². The Morgan fingerprint density at radius 3 is 2.32 bits per heavy atom. The summed E-state index contributed by atoms with van der Waals surface area (Å²) in [6.45, 7) is 12.6. The van der Waals surface area contributed by atoms with Gasteiger partial charge in [-0.2, -0.15) is 0 Å². The molecule has 2 heterocycles. The Morgan fingerprint density at radius 2 is 1.62 bits per heavy atom. The SMILES string of the molecule is Cc1ccc(Cc2c(C)nc(C)nc2N2CCN(C[C@@H](O)COc3ccccc3C)CC2)cc1. The van der Waals surface area contributed by atoms with Crippen molar-refractivity contribution in [2.24, 2.45) is 0 Å². The van der Waals surface area contributed by atoms with Crippen LogP contribution in [0, 0.1) is 27.7 Å². The highest BCUT2D eigenvalue weighted by Gasteiger charge is 2.24. The van der Waals surface area contributed by atoms with E-state index >= 15 is 0 Å². The first-order chi connectivity index (χ1) is 16.4. The van der Waals surface area contributed by atoms with Gasteiger partial charge in [-0.15, -0.1) is 0 Å². The van der Waals surface area contributed by atoms with Crippen LogP contribution in [0.15, 0.2) is 48.5 Å². The Hall–Kier alpha value is -2.96. The van der Waals surface area contributed by atoms with Gasteiger partial charge in [0.15, 0.2) is 0 Å². The lowest BCUT2D eigenvalue weighted by molar-refractivity contribution is 0.0660. The Kier molecular flexibility index (Phi) is 7.80. The molecule has 1 aliphatic heterocycles. The van der Waals surface area contributed by atoms with Crippen LogP contribution in [-0.2, 0) is 6.42 Å². The molecular weight excluding hydrogens is 424 g/mol. The molecular formula is C28H36N4O2. The van der Waals surface area contributed by atoms with Crippen LogP contribution in [0.5, 0.6) is 5.75 Å². The fourth-order valence-corrected chi connectivity index (χ4v) is 4.49. The van der Waals surface area contributed by atoms with Crippen molar-refractivity contribution in [2.75, 3.05) is 44.2 Å². The predicted molar refractivity (Wildman–Crippen MR) is 137 cm³/mol. The number of hydrogen-bond acceptors (Lipinski definition) is 6. The summed E-state index contributed by atoms with van der Waals surface area (Å²) in [5.74, 6) is 2.70. The van der Waals surface area contributed by atoms with Crippen LogP contribution in [0.2, 0.25) is 0 Å². The number of anilines is 1. The molecule has 1 fully saturated rings. The Morgan fingerprint density at radius 1 is 0.912 bits per heavy atom. The molecule has 1 atom stereocenters. The second-order valence-corrected chi connectivity index (χ2v) is 9.34. The molecule has 3 aromatic rings. The number of β-amino-alcohol motifs (C(OH)–C–C–N with tert-alkyl or cyclic N) is 1. The first-order valence-electron chi connectivity index (χ1n) is 12.1. The van der Waals surface area contributed by atoms with Crippen molar-refractivity contribution in [1.29, 1.82) is 0 Å². The van der Waals surface area contributed by atoms with E-state index in [1.807, 2.05) is 38.1 Å².